The summed E-state index contributed by atoms with van der Waals surface area (Å²) in [5, 5.41) is 31.2. The normalized spacial score (nSPS) is 11.5. The average molecular weight is 927 g/mol. The van der Waals surface area contributed by atoms with Crippen molar-refractivity contribution in [3.63, 3.8) is 0 Å². The molecule has 0 saturated carbocycles. The molecule has 60 heavy (non-hydrogen) atoms. The van der Waals surface area contributed by atoms with Crippen LogP contribution in [0.1, 0.15) is 240 Å². The summed E-state index contributed by atoms with van der Waals surface area (Å²) in [6, 6.07) is 0. The molecule has 0 bridgehead atoms. The van der Waals surface area contributed by atoms with Crippen LogP contribution in [0.4, 0.5) is 11.4 Å². The maximum Gasteiger partial charge on any atom is 0.290 e. The molecular weight excluding hydrogens is 827 g/mol. The SMILES string of the molecule is CCCCCCCCC(CCCCCCCC)CCCCCCCN(CCCCCCO)CCCNc1c(NC)c(=O)c1=O.CCCCCCCCC(O)CC.O=CO.[Y]. The van der Waals surface area contributed by atoms with Crippen molar-refractivity contribution in [3.05, 3.63) is 20.4 Å². The Morgan fingerprint density at radius 2 is 0.883 bits per heavy atom. The fourth-order valence-corrected chi connectivity index (χ4v) is 7.97. The Bertz CT molecular complexity index is 1050. The Morgan fingerprint density at radius 1 is 0.533 bits per heavy atom. The van der Waals surface area contributed by atoms with Gasteiger partial charge in [-0.15, -0.1) is 0 Å². The molecule has 1 atom stereocenters. The summed E-state index contributed by atoms with van der Waals surface area (Å²) in [4.78, 5) is 34.4. The number of anilines is 2. The van der Waals surface area contributed by atoms with Gasteiger partial charge in [-0.3, -0.25) is 14.4 Å². The molecular formula is C50H99N3O6Y. The predicted molar refractivity (Wildman–Crippen MR) is 256 cm³/mol. The second-order valence-electron chi connectivity index (χ2n) is 17.2. The number of aliphatic hydroxyl groups excluding tert-OH is 2. The van der Waals surface area contributed by atoms with E-state index in [-0.39, 0.29) is 45.3 Å². The molecule has 5 N–H and O–H groups in total. The molecule has 353 valence electrons. The number of aliphatic hydroxyl groups is 2. The first-order valence-corrected chi connectivity index (χ1v) is 25.1. The Hall–Kier alpha value is -0.866. The third kappa shape index (κ3) is 39.9. The summed E-state index contributed by atoms with van der Waals surface area (Å²) in [6.07, 6.45) is 43.1. The van der Waals surface area contributed by atoms with Crippen LogP contribution in [0.15, 0.2) is 9.59 Å². The van der Waals surface area contributed by atoms with E-state index in [2.05, 4.69) is 36.3 Å². The van der Waals surface area contributed by atoms with Crippen molar-refractivity contribution in [3.8, 4) is 0 Å². The van der Waals surface area contributed by atoms with Gasteiger partial charge >= 0.3 is 0 Å². The first-order chi connectivity index (χ1) is 28.8. The van der Waals surface area contributed by atoms with E-state index in [0.29, 0.717) is 24.5 Å². The Labute approximate surface area is 395 Å². The Kier molecular flexibility index (Phi) is 53.7. The van der Waals surface area contributed by atoms with Gasteiger partial charge in [0.25, 0.3) is 17.3 Å². The van der Waals surface area contributed by atoms with E-state index in [9.17, 15) is 14.7 Å². The van der Waals surface area contributed by atoms with Crippen LogP contribution in [0.25, 0.3) is 0 Å². The van der Waals surface area contributed by atoms with Crippen molar-refractivity contribution in [2.45, 2.75) is 246 Å². The summed E-state index contributed by atoms with van der Waals surface area (Å²) in [5.74, 6) is 0.954. The van der Waals surface area contributed by atoms with E-state index >= 15 is 0 Å². The molecule has 0 aliphatic carbocycles. The number of nitrogens with one attached hydrogen (secondary N) is 2. The number of carboxylic acid groups (broad SMARTS) is 1. The van der Waals surface area contributed by atoms with Gasteiger partial charge in [-0.05, 0) is 64.1 Å². The van der Waals surface area contributed by atoms with Gasteiger partial charge in [0.2, 0.25) is 0 Å². The van der Waals surface area contributed by atoms with E-state index in [0.717, 1.165) is 57.7 Å². The molecule has 1 unspecified atom stereocenters. The summed E-state index contributed by atoms with van der Waals surface area (Å²) >= 11 is 0. The maximum atomic E-state index is 11.8. The molecule has 0 aromatic heterocycles. The van der Waals surface area contributed by atoms with Gasteiger partial charge in [0.1, 0.15) is 11.4 Å². The fourth-order valence-electron chi connectivity index (χ4n) is 7.97. The second kappa shape index (κ2) is 50.8. The van der Waals surface area contributed by atoms with Crippen LogP contribution in [0.3, 0.4) is 0 Å². The number of unbranched alkanes of at least 4 members (excludes halogenated alkanes) is 22. The van der Waals surface area contributed by atoms with E-state index in [1.54, 1.807) is 7.05 Å². The molecule has 1 aromatic carbocycles. The topological polar surface area (TPSA) is 139 Å². The minimum atomic E-state index is -0.411. The summed E-state index contributed by atoms with van der Waals surface area (Å²) in [6.45, 7) is 12.9. The summed E-state index contributed by atoms with van der Waals surface area (Å²) in [7, 11) is 1.69. The van der Waals surface area contributed by atoms with Crippen molar-refractivity contribution < 1.29 is 52.8 Å². The smallest absolute Gasteiger partial charge is 0.290 e. The first-order valence-electron chi connectivity index (χ1n) is 25.1. The molecule has 10 heteroatoms. The van der Waals surface area contributed by atoms with Crippen molar-refractivity contribution in [1.29, 1.82) is 0 Å². The van der Waals surface area contributed by atoms with E-state index in [4.69, 9.17) is 15.0 Å². The van der Waals surface area contributed by atoms with Crippen LogP contribution in [-0.4, -0.2) is 72.6 Å². The van der Waals surface area contributed by atoms with E-state index < -0.39 is 10.9 Å². The van der Waals surface area contributed by atoms with Gasteiger partial charge in [0.15, 0.2) is 0 Å². The predicted octanol–water partition coefficient (Wildman–Crippen LogP) is 12.6. The molecule has 0 spiro atoms. The van der Waals surface area contributed by atoms with Gasteiger partial charge in [-0.1, -0.05) is 201 Å². The number of carbonyl (C=O) groups is 1. The van der Waals surface area contributed by atoms with Crippen LogP contribution < -0.4 is 21.5 Å². The quantitative estimate of drug-likeness (QED) is 0.0246. The van der Waals surface area contributed by atoms with Crippen molar-refractivity contribution >= 4 is 17.8 Å². The van der Waals surface area contributed by atoms with Gasteiger partial charge in [-0.25, -0.2) is 0 Å². The van der Waals surface area contributed by atoms with Crippen LogP contribution in [0.2, 0.25) is 0 Å². The summed E-state index contributed by atoms with van der Waals surface area (Å²) in [5.41, 5.74) is 0.0676. The zero-order chi connectivity index (χ0) is 44.0. The van der Waals surface area contributed by atoms with E-state index in [1.165, 1.54) is 180 Å². The molecule has 0 amide bonds. The third-order valence-electron chi connectivity index (χ3n) is 11.9. The second-order valence-corrected chi connectivity index (χ2v) is 17.2. The molecule has 0 heterocycles. The van der Waals surface area contributed by atoms with Crippen LogP contribution in [-0.2, 0) is 37.5 Å². The molecule has 0 aliphatic rings. The zero-order valence-corrected chi connectivity index (χ0v) is 43.0. The molecule has 1 rings (SSSR count). The standard InChI is InChI=1S/C38H73N3O3.C11H24O.CH2O2.Y/c1-4-6-8-10-13-19-26-34(27-20-14-11-9-7-5-2)28-21-15-12-16-22-30-41(31-23-17-18-24-33-42)32-25-29-40-36-35(39-3)37(43)38(36)44;1-3-5-6-7-8-9-10-11(12)4-2;2-1-3;/h34,39-40,42H,4-33H2,1-3H3;11-12H,3-10H2,1-2H3;1H,(H,2,3);. The van der Waals surface area contributed by atoms with Crippen molar-refractivity contribution in [2.75, 3.05) is 50.5 Å². The largest absolute Gasteiger partial charge is 0.483 e. The zero-order valence-electron chi connectivity index (χ0n) is 40.2. The molecule has 9 nitrogen and oxygen atoms in total. The number of rotatable bonds is 42. The van der Waals surface area contributed by atoms with Gasteiger partial charge in [-0.2, -0.15) is 0 Å². The first kappa shape index (κ1) is 63.4. The number of hydrogen-bond acceptors (Lipinski definition) is 8. The number of hydrogen-bond donors (Lipinski definition) is 5. The van der Waals surface area contributed by atoms with Gasteiger partial charge < -0.3 is 30.9 Å². The molecule has 1 aromatic rings. The monoisotopic (exact) mass is 927 g/mol. The maximum absolute atomic E-state index is 11.8. The van der Waals surface area contributed by atoms with Crippen molar-refractivity contribution in [1.82, 2.24) is 4.90 Å². The van der Waals surface area contributed by atoms with E-state index in [1.807, 2.05) is 6.92 Å². The fraction of sp³-hybridized carbons (Fsp3) is 0.900. The van der Waals surface area contributed by atoms with Crippen LogP contribution in [0.5, 0.6) is 0 Å². The van der Waals surface area contributed by atoms with Crippen LogP contribution >= 0.6 is 0 Å². The molecule has 0 fully saturated rings. The number of nitrogens with zero attached hydrogens (tertiary/aromatic N) is 1. The molecule has 1 radical (unpaired) electrons. The van der Waals surface area contributed by atoms with Crippen LogP contribution in [0, 0.1) is 5.92 Å². The Balaban J connectivity index is -0.00000172. The Morgan fingerprint density at radius 3 is 1.28 bits per heavy atom. The summed E-state index contributed by atoms with van der Waals surface area (Å²) < 4.78 is 0. The van der Waals surface area contributed by atoms with Crippen molar-refractivity contribution in [2.24, 2.45) is 5.92 Å². The van der Waals surface area contributed by atoms with Gasteiger partial charge in [0.05, 0.1) is 6.10 Å². The molecule has 0 saturated heterocycles. The average Bonchev–Trinajstić information content (AvgIpc) is 3.24. The minimum absolute atomic E-state index is 0. The third-order valence-corrected chi connectivity index (χ3v) is 11.9. The molecule has 0 aliphatic heterocycles. The van der Waals surface area contributed by atoms with Gasteiger partial charge in [0, 0.05) is 52.9 Å². The minimum Gasteiger partial charge on any atom is -0.483 e.